The van der Waals surface area contributed by atoms with Crippen molar-refractivity contribution in [2.75, 3.05) is 54.0 Å². The largest absolute Gasteiger partial charge is 0.481 e. The Morgan fingerprint density at radius 1 is 0.870 bits per heavy atom. The van der Waals surface area contributed by atoms with Gasteiger partial charge in [0.25, 0.3) is 16.1 Å². The average Bonchev–Trinajstić information content (AvgIpc) is 4.27. The second-order valence-electron chi connectivity index (χ2n) is 11.5. The van der Waals surface area contributed by atoms with Crippen LogP contribution in [0.1, 0.15) is 157 Å². The Hall–Kier alpha value is -4.02. The number of aliphatic carboxylic acids is 1. The molecule has 13 nitrogen and oxygen atoms in total. The van der Waals surface area contributed by atoms with E-state index in [2.05, 4.69) is 156 Å². The van der Waals surface area contributed by atoms with Gasteiger partial charge in [0.05, 0.1) is 36.8 Å². The van der Waals surface area contributed by atoms with E-state index in [1.807, 2.05) is 67.5 Å². The zero-order chi connectivity index (χ0) is 59.4. The zero-order valence-corrected chi connectivity index (χ0v) is 50.8. The molecule has 0 spiro atoms. The lowest BCUT2D eigenvalue weighted by Crippen LogP contribution is -1.88. The maximum Gasteiger partial charge on any atom is 0.300 e. The van der Waals surface area contributed by atoms with Gasteiger partial charge < -0.3 is 30.2 Å². The number of ether oxygens (including phenoxy) is 2. The van der Waals surface area contributed by atoms with Crippen molar-refractivity contribution in [3.8, 4) is 24.7 Å². The molecular formula is C53H109N3O10S3. The van der Waals surface area contributed by atoms with Gasteiger partial charge in [0.1, 0.15) is 6.29 Å². The third kappa shape index (κ3) is 1100. The Morgan fingerprint density at radius 2 is 1.09 bits per heavy atom. The number of nitrogens with two attached hydrogens (primary N) is 1. The van der Waals surface area contributed by atoms with E-state index in [0.29, 0.717) is 18.5 Å². The van der Waals surface area contributed by atoms with E-state index in [1.165, 1.54) is 57.5 Å². The minimum Gasteiger partial charge on any atom is -0.481 e. The number of thiol groups is 1. The Balaban J connectivity index is -0.0000000310. The quantitative estimate of drug-likeness (QED) is 0.0204. The lowest BCUT2D eigenvalue weighted by atomic mass is 10.3. The number of thiocarbonyl (C=S) groups is 1. The summed E-state index contributed by atoms with van der Waals surface area (Å²) in [6.45, 7) is 43.7. The van der Waals surface area contributed by atoms with Gasteiger partial charge in [-0.15, -0.1) is 37.8 Å². The van der Waals surface area contributed by atoms with Crippen molar-refractivity contribution in [1.82, 2.24) is 0 Å². The van der Waals surface area contributed by atoms with Gasteiger partial charge in [-0.05, 0) is 135 Å². The van der Waals surface area contributed by atoms with E-state index in [1.54, 1.807) is 26.3 Å². The van der Waals surface area contributed by atoms with Gasteiger partial charge in [-0.1, -0.05) is 93.9 Å². The first-order valence-electron chi connectivity index (χ1n) is 21.8. The minimum absolute atomic E-state index is 0.583. The molecule has 2 saturated heterocycles. The number of rotatable bonds is 4. The minimum atomic E-state index is -3.67. The number of aliphatic imine (C=N–C) groups is 2. The highest BCUT2D eigenvalue weighted by Crippen LogP contribution is 2.10. The Morgan fingerprint density at radius 3 is 1.10 bits per heavy atom. The number of aliphatic hydroxyl groups excluding tert-OH is 1. The molecule has 0 radical (unpaired) electrons. The van der Waals surface area contributed by atoms with Crippen LogP contribution in [0.2, 0.25) is 0 Å². The number of carbonyl (C=O) groups excluding carboxylic acids is 2. The molecule has 69 heavy (non-hydrogen) atoms. The fourth-order valence-corrected chi connectivity index (χ4v) is 0.969. The summed E-state index contributed by atoms with van der Waals surface area (Å²) in [4.78, 5) is 32.9. The standard InChI is InChI=1S/C6H12.2C5H10.C4H8O.2C4H8.C4H6.C3H6O.C3H6.C3H4.C2H3NO.C2H3NS.C2H4O2.C2H4O.CH5N.CH4O3S.CH4O.CH4S/c1-3-5-6-4-2;1-4-5(2)3;1-3-5-4-2;1-2-4-3-5-4;1-4(2)3;2*1-3-4-2;1-3-2-4-3;2*1-3-2;2*1-3-2-4;1-2(3)4;1-2-3;1-2;1-5(2,3)4;2*1-2/h3,5H,4,6H2,1-2H3;4H,1-3H3;3,5H,4H2,1-2H3;4H,2-3H2,1H3;1H2,2-3H3;3-4H,1-2H3;1H,4H2,2H3;3H,2H2,1H3;3H,1H2,2H3;1H,2H3;2*1H3;1H3,(H,3,4);2H,1H3;2H2,1H3;1H3,(H,2,3,4);2*2H,1H3. The number of hydrogen-bond acceptors (Lipinski definition) is 13. The molecule has 0 amide bonds. The number of carboxylic acids is 1. The highest BCUT2D eigenvalue weighted by Gasteiger charge is 2.18. The van der Waals surface area contributed by atoms with Gasteiger partial charge in [0.15, 0.2) is 0 Å². The van der Waals surface area contributed by atoms with Crippen molar-refractivity contribution in [3.05, 3.63) is 72.9 Å². The molecular weight excluding hydrogens is 935 g/mol. The number of isocyanates is 1. The normalized spacial score (nSPS) is 10.6. The van der Waals surface area contributed by atoms with Gasteiger partial charge >= 0.3 is 0 Å². The number of aldehydes is 1. The first-order chi connectivity index (χ1) is 32.3. The van der Waals surface area contributed by atoms with E-state index in [4.69, 9.17) is 45.0 Å². The fraction of sp³-hybridized carbons (Fsp3) is 0.623. The number of carboxylic acid groups (broad SMARTS) is 1. The van der Waals surface area contributed by atoms with E-state index in [9.17, 15) is 8.42 Å². The molecule has 2 aliphatic rings. The van der Waals surface area contributed by atoms with Crippen molar-refractivity contribution in [1.29, 1.82) is 0 Å². The topological polar surface area (TPSA) is 222 Å². The van der Waals surface area contributed by atoms with Gasteiger partial charge in [-0.2, -0.15) is 21.0 Å². The summed E-state index contributed by atoms with van der Waals surface area (Å²) in [5, 5.41) is 16.6. The second kappa shape index (κ2) is 151. The molecule has 5 N–H and O–H groups in total. The maximum atomic E-state index is 9.19. The Labute approximate surface area is 439 Å². The number of isothiocyanates is 1. The number of allylic oxidation sites excluding steroid dienone is 10. The summed E-state index contributed by atoms with van der Waals surface area (Å²) in [5.41, 5.74) is 7.05. The second-order valence-corrected chi connectivity index (χ2v) is 13.1. The first-order valence-corrected chi connectivity index (χ1v) is 25.0. The maximum absolute atomic E-state index is 9.19. The molecule has 2 rings (SSSR count). The SMILES string of the molecule is C#CC.C#CCC.C=C(C)C.C=CC.CC(=O)O.CC1CO1.CC=C(C)C.CC=CC.CC=CCC.CC=CCCC.CC=O.CCC1CO1.CN.CN=C=O.CN=C=S.CO.CS.CS(=O)(=O)O. The van der Waals surface area contributed by atoms with E-state index >= 15 is 0 Å². The molecule has 2 atom stereocenters. The summed E-state index contributed by atoms with van der Waals surface area (Å²) in [6.07, 6.45) is 37.0. The van der Waals surface area contributed by atoms with Crippen LogP contribution in [-0.2, 0) is 34.0 Å². The van der Waals surface area contributed by atoms with E-state index in [-0.39, 0.29) is 0 Å². The number of aliphatic hydroxyl groups is 1. The number of epoxide rings is 2. The van der Waals surface area contributed by atoms with Gasteiger partial charge in [0, 0.05) is 34.5 Å². The monoisotopic (exact) mass is 1040 g/mol. The van der Waals surface area contributed by atoms with Crippen LogP contribution < -0.4 is 5.73 Å². The summed E-state index contributed by atoms with van der Waals surface area (Å²) in [7, 11) is 1.81. The van der Waals surface area contributed by atoms with Gasteiger partial charge in [0.2, 0.25) is 6.08 Å². The molecule has 0 aromatic rings. The zero-order valence-electron chi connectivity index (χ0n) is 48.3. The van der Waals surface area contributed by atoms with Crippen LogP contribution in [0.15, 0.2) is 82.9 Å². The highest BCUT2D eigenvalue weighted by molar-refractivity contribution is 7.85. The third-order valence-corrected chi connectivity index (χ3v) is 4.00. The summed E-state index contributed by atoms with van der Waals surface area (Å²) >= 11 is 7.66. The van der Waals surface area contributed by atoms with E-state index < -0.39 is 16.1 Å². The van der Waals surface area contributed by atoms with Crippen molar-refractivity contribution < 1.29 is 47.0 Å². The number of carbonyl (C=O) groups is 2. The number of hydrogen-bond donors (Lipinski definition) is 5. The molecule has 0 aliphatic carbocycles. The van der Waals surface area contributed by atoms with Crippen LogP contribution in [0.4, 0.5) is 0 Å². The molecule has 2 unspecified atom stereocenters. The highest BCUT2D eigenvalue weighted by atomic mass is 32.2. The van der Waals surface area contributed by atoms with Crippen molar-refractivity contribution in [2.24, 2.45) is 15.7 Å². The third-order valence-electron chi connectivity index (χ3n) is 3.82. The molecule has 0 saturated carbocycles. The average molecular weight is 1040 g/mol. The fourth-order valence-electron chi connectivity index (χ4n) is 0.969. The van der Waals surface area contributed by atoms with Crippen LogP contribution in [0, 0.1) is 24.7 Å². The van der Waals surface area contributed by atoms with Crippen molar-refractivity contribution in [3.63, 3.8) is 0 Å². The van der Waals surface area contributed by atoms with Crippen molar-refractivity contribution >= 4 is 58.5 Å². The summed E-state index contributed by atoms with van der Waals surface area (Å²) in [6, 6.07) is 0. The van der Waals surface area contributed by atoms with Crippen LogP contribution in [0.5, 0.6) is 0 Å². The van der Waals surface area contributed by atoms with Crippen molar-refractivity contribution in [2.45, 2.75) is 169 Å². The lowest BCUT2D eigenvalue weighted by Gasteiger charge is -1.76. The number of unbranched alkanes of at least 4 members (excludes halogenated alkanes) is 1. The molecule has 2 aliphatic heterocycles. The summed E-state index contributed by atoms with van der Waals surface area (Å²) < 4.78 is 35.4. The van der Waals surface area contributed by atoms with Crippen LogP contribution in [-0.4, -0.2) is 113 Å². The Bertz CT molecular complexity index is 1230. The molecule has 0 aromatic carbocycles. The smallest absolute Gasteiger partial charge is 0.300 e. The van der Waals surface area contributed by atoms with Gasteiger partial charge in [-0.3, -0.25) is 9.35 Å². The van der Waals surface area contributed by atoms with Crippen LogP contribution in [0.3, 0.4) is 0 Å². The molecule has 0 bridgehead atoms. The molecule has 2 fully saturated rings. The number of terminal acetylenes is 2. The predicted octanol–water partition coefficient (Wildman–Crippen LogP) is 13.7. The molecule has 414 valence electrons. The predicted molar refractivity (Wildman–Crippen MR) is 317 cm³/mol. The molecule has 0 aromatic heterocycles. The first kappa shape index (κ1) is 111. The Kier molecular flexibility index (Phi) is 243. The lowest BCUT2D eigenvalue weighted by molar-refractivity contribution is -0.134. The van der Waals surface area contributed by atoms with Gasteiger partial charge in [-0.25, -0.2) is 14.8 Å². The number of nitrogens with zero attached hydrogens (tertiary/aromatic N) is 2. The molecule has 2 heterocycles. The van der Waals surface area contributed by atoms with Crippen LogP contribution in [0.25, 0.3) is 0 Å². The van der Waals surface area contributed by atoms with Crippen LogP contribution >= 0.6 is 24.8 Å². The summed E-state index contributed by atoms with van der Waals surface area (Å²) in [5.74, 6) is 3.85. The van der Waals surface area contributed by atoms with E-state index in [0.717, 1.165) is 46.4 Å². The molecule has 16 heteroatoms.